The van der Waals surface area contributed by atoms with Crippen molar-refractivity contribution in [1.82, 2.24) is 15.1 Å². The van der Waals surface area contributed by atoms with E-state index >= 15 is 0 Å². The minimum absolute atomic E-state index is 0.00537. The maximum absolute atomic E-state index is 13.1. The van der Waals surface area contributed by atoms with Crippen LogP contribution in [0.5, 0.6) is 0 Å². The highest BCUT2D eigenvalue weighted by atomic mass is 16.2. The maximum atomic E-state index is 13.1. The minimum atomic E-state index is -0.822. The third-order valence-corrected chi connectivity index (χ3v) is 5.88. The van der Waals surface area contributed by atoms with Crippen molar-refractivity contribution >= 4 is 17.8 Å². The minimum Gasteiger partial charge on any atom is -0.341 e. The van der Waals surface area contributed by atoms with Gasteiger partial charge in [0.1, 0.15) is 12.1 Å². The van der Waals surface area contributed by atoms with Crippen LogP contribution in [0.1, 0.15) is 65.7 Å². The van der Waals surface area contributed by atoms with E-state index < -0.39 is 11.6 Å². The third kappa shape index (κ3) is 3.67. The van der Waals surface area contributed by atoms with Crippen molar-refractivity contribution < 1.29 is 14.4 Å². The number of hydrogen-bond donors (Lipinski definition) is 1. The summed E-state index contributed by atoms with van der Waals surface area (Å²) in [7, 11) is 0. The van der Waals surface area contributed by atoms with Gasteiger partial charge in [0.05, 0.1) is 0 Å². The zero-order valence-electron chi connectivity index (χ0n) is 15.8. The Morgan fingerprint density at radius 3 is 2.36 bits per heavy atom. The van der Waals surface area contributed by atoms with Crippen LogP contribution >= 0.6 is 0 Å². The lowest BCUT2D eigenvalue weighted by molar-refractivity contribution is -0.140. The van der Waals surface area contributed by atoms with Crippen molar-refractivity contribution in [3.8, 4) is 0 Å². The number of nitrogens with zero attached hydrogens (tertiary/aromatic N) is 2. The van der Waals surface area contributed by atoms with E-state index in [1.165, 1.54) is 0 Å². The molecule has 4 amide bonds. The molecule has 2 unspecified atom stereocenters. The number of nitrogens with one attached hydrogen (secondary N) is 1. The Kier molecular flexibility index (Phi) is 4.82. The summed E-state index contributed by atoms with van der Waals surface area (Å²) in [4.78, 5) is 41.1. The average molecular weight is 349 g/mol. The number of imide groups is 1. The largest absolute Gasteiger partial charge is 0.341 e. The summed E-state index contributed by atoms with van der Waals surface area (Å²) in [5.74, 6) is 0.0557. The second kappa shape index (κ2) is 6.61. The average Bonchev–Trinajstić information content (AvgIpc) is 2.72. The van der Waals surface area contributed by atoms with Crippen molar-refractivity contribution in [1.29, 1.82) is 0 Å². The lowest BCUT2D eigenvalue weighted by Gasteiger charge is -2.43. The normalized spacial score (nSPS) is 32.7. The standard InChI is InChI=1S/C19H31N3O3/c1-14-10-18(2,3)13-19(11-14)16(24)22(17(25)20-19)12-15(23)21-8-6-4-5-7-9-21/h14H,4-13H2,1-3H3,(H,20,25). The molecule has 0 radical (unpaired) electrons. The quantitative estimate of drug-likeness (QED) is 0.779. The molecule has 2 atom stereocenters. The zero-order chi connectivity index (χ0) is 18.2. The van der Waals surface area contributed by atoms with Gasteiger partial charge in [0.25, 0.3) is 5.91 Å². The Morgan fingerprint density at radius 2 is 1.76 bits per heavy atom. The van der Waals surface area contributed by atoms with E-state index in [1.807, 2.05) is 4.90 Å². The number of carbonyl (C=O) groups is 3. The molecule has 6 nitrogen and oxygen atoms in total. The van der Waals surface area contributed by atoms with Gasteiger partial charge in [-0.05, 0) is 43.4 Å². The van der Waals surface area contributed by atoms with Gasteiger partial charge < -0.3 is 10.2 Å². The predicted molar refractivity (Wildman–Crippen MR) is 94.8 cm³/mol. The molecule has 3 aliphatic rings. The Labute approximate surface area is 150 Å². The molecule has 1 N–H and O–H groups in total. The summed E-state index contributed by atoms with van der Waals surface area (Å²) in [6.45, 7) is 7.77. The fraction of sp³-hybridized carbons (Fsp3) is 0.842. The third-order valence-electron chi connectivity index (χ3n) is 5.88. The predicted octanol–water partition coefficient (Wildman–Crippen LogP) is 2.53. The van der Waals surface area contributed by atoms with Crippen molar-refractivity contribution in [2.45, 2.75) is 71.3 Å². The number of carbonyl (C=O) groups excluding carboxylic acids is 3. The summed E-state index contributed by atoms with van der Waals surface area (Å²) < 4.78 is 0. The molecule has 0 bridgehead atoms. The topological polar surface area (TPSA) is 69.7 Å². The van der Waals surface area contributed by atoms with Crippen LogP contribution in [0, 0.1) is 11.3 Å². The van der Waals surface area contributed by atoms with Crippen LogP contribution in [0.4, 0.5) is 4.79 Å². The van der Waals surface area contributed by atoms with Crippen molar-refractivity contribution in [2.75, 3.05) is 19.6 Å². The maximum Gasteiger partial charge on any atom is 0.325 e. The first-order chi connectivity index (χ1) is 11.7. The number of amides is 4. The highest BCUT2D eigenvalue weighted by Crippen LogP contribution is 2.46. The van der Waals surface area contributed by atoms with Crippen LogP contribution in [0.15, 0.2) is 0 Å². The van der Waals surface area contributed by atoms with Crippen LogP contribution in [-0.4, -0.2) is 52.8 Å². The van der Waals surface area contributed by atoms with Crippen LogP contribution in [-0.2, 0) is 9.59 Å². The van der Waals surface area contributed by atoms with Crippen LogP contribution < -0.4 is 5.32 Å². The van der Waals surface area contributed by atoms with E-state index in [0.29, 0.717) is 18.8 Å². The fourth-order valence-corrected chi connectivity index (χ4v) is 5.20. The smallest absolute Gasteiger partial charge is 0.325 e. The van der Waals surface area contributed by atoms with Gasteiger partial charge in [-0.2, -0.15) is 0 Å². The van der Waals surface area contributed by atoms with Gasteiger partial charge in [0.2, 0.25) is 5.91 Å². The second-order valence-electron chi connectivity index (χ2n) is 9.05. The Hall–Kier alpha value is -1.59. The molecule has 0 aromatic carbocycles. The van der Waals surface area contributed by atoms with E-state index in [0.717, 1.165) is 50.1 Å². The van der Waals surface area contributed by atoms with Crippen LogP contribution in [0.25, 0.3) is 0 Å². The van der Waals surface area contributed by atoms with Gasteiger partial charge in [-0.3, -0.25) is 14.5 Å². The van der Waals surface area contributed by atoms with Gasteiger partial charge in [0.15, 0.2) is 0 Å². The van der Waals surface area contributed by atoms with Crippen molar-refractivity contribution in [3.63, 3.8) is 0 Å². The van der Waals surface area contributed by atoms with E-state index in [2.05, 4.69) is 26.1 Å². The molecule has 2 heterocycles. The first-order valence-corrected chi connectivity index (χ1v) is 9.64. The van der Waals surface area contributed by atoms with E-state index in [1.54, 1.807) is 0 Å². The number of hydrogen-bond acceptors (Lipinski definition) is 3. The molecule has 0 aromatic heterocycles. The summed E-state index contributed by atoms with van der Waals surface area (Å²) in [6.07, 6.45) is 6.64. The molecule has 3 fully saturated rings. The molecule has 1 aliphatic carbocycles. The Balaban J connectivity index is 1.72. The molecule has 3 rings (SSSR count). The lowest BCUT2D eigenvalue weighted by Crippen LogP contribution is -2.54. The van der Waals surface area contributed by atoms with Gasteiger partial charge >= 0.3 is 6.03 Å². The van der Waals surface area contributed by atoms with Gasteiger partial charge in [-0.15, -0.1) is 0 Å². The highest BCUT2D eigenvalue weighted by molar-refractivity contribution is 6.09. The van der Waals surface area contributed by atoms with E-state index in [-0.39, 0.29) is 23.8 Å². The van der Waals surface area contributed by atoms with Crippen molar-refractivity contribution in [2.24, 2.45) is 11.3 Å². The Morgan fingerprint density at radius 1 is 1.12 bits per heavy atom. The molecule has 1 spiro atoms. The fourth-order valence-electron chi connectivity index (χ4n) is 5.20. The van der Waals surface area contributed by atoms with Crippen molar-refractivity contribution in [3.05, 3.63) is 0 Å². The van der Waals surface area contributed by atoms with Gasteiger partial charge in [-0.1, -0.05) is 33.6 Å². The molecule has 2 saturated heterocycles. The summed E-state index contributed by atoms with van der Waals surface area (Å²) >= 11 is 0. The number of urea groups is 1. The first-order valence-electron chi connectivity index (χ1n) is 9.64. The first kappa shape index (κ1) is 18.2. The SMILES string of the molecule is CC1CC(C)(C)CC2(C1)NC(=O)N(CC(=O)N1CCCCCC1)C2=O. The van der Waals surface area contributed by atoms with E-state index in [9.17, 15) is 14.4 Å². The van der Waals surface area contributed by atoms with Crippen LogP contribution in [0.2, 0.25) is 0 Å². The highest BCUT2D eigenvalue weighted by Gasteiger charge is 2.56. The Bertz CT molecular complexity index is 566. The molecule has 2 aliphatic heterocycles. The molecular weight excluding hydrogens is 318 g/mol. The molecular formula is C19H31N3O3. The van der Waals surface area contributed by atoms with Gasteiger partial charge in [0, 0.05) is 13.1 Å². The summed E-state index contributed by atoms with van der Waals surface area (Å²) in [5.41, 5.74) is -0.817. The molecule has 25 heavy (non-hydrogen) atoms. The number of rotatable bonds is 2. The molecule has 1 saturated carbocycles. The van der Waals surface area contributed by atoms with E-state index in [4.69, 9.17) is 0 Å². The zero-order valence-corrected chi connectivity index (χ0v) is 15.8. The lowest BCUT2D eigenvalue weighted by atomic mass is 9.64. The number of likely N-dealkylation sites (tertiary alicyclic amines) is 1. The van der Waals surface area contributed by atoms with Gasteiger partial charge in [-0.25, -0.2) is 4.79 Å². The monoisotopic (exact) mass is 349 g/mol. The molecule has 0 aromatic rings. The summed E-state index contributed by atoms with van der Waals surface area (Å²) in [6, 6.07) is -0.405. The summed E-state index contributed by atoms with van der Waals surface area (Å²) in [5, 5.41) is 2.94. The molecule has 6 heteroatoms. The second-order valence-corrected chi connectivity index (χ2v) is 9.05. The van der Waals surface area contributed by atoms with Crippen LogP contribution in [0.3, 0.4) is 0 Å². The molecule has 140 valence electrons.